The molecule has 0 radical (unpaired) electrons. The van der Waals surface area contributed by atoms with Crippen molar-refractivity contribution in [1.82, 2.24) is 59.9 Å². The van der Waals surface area contributed by atoms with Crippen LogP contribution in [0, 0.1) is 0 Å². The minimum Gasteiger partial charge on any atom is -0.444 e. The average molecular weight is 1830 g/mol. The Labute approximate surface area is 787 Å². The molecular weight excluding hydrogens is 1710 g/mol. The quantitative estimate of drug-likeness (QED) is 0.0435. The predicted molar refractivity (Wildman–Crippen MR) is 529 cm³/mol. The van der Waals surface area contributed by atoms with Crippen LogP contribution in [0.3, 0.4) is 0 Å². The molecule has 0 saturated heterocycles. The molecular formula is C105H120N18O12. The Balaban J connectivity index is 1.04. The fourth-order valence-corrected chi connectivity index (χ4v) is 14.3. The number of benzene rings is 9. The van der Waals surface area contributed by atoms with Gasteiger partial charge in [0.1, 0.15) is 33.6 Å². The molecule has 0 bridgehead atoms. The van der Waals surface area contributed by atoms with E-state index in [-0.39, 0.29) is 34.6 Å². The van der Waals surface area contributed by atoms with Crippen LogP contribution < -0.4 is 31.9 Å². The summed E-state index contributed by atoms with van der Waals surface area (Å²) in [6, 6.07) is 57.1. The van der Waals surface area contributed by atoms with Crippen LogP contribution in [-0.4, -0.2) is 130 Å². The third-order valence-electron chi connectivity index (χ3n) is 20.5. The average Bonchev–Trinajstić information content (AvgIpc) is 1.75. The number of ether oxygens (including phenoxy) is 6. The van der Waals surface area contributed by atoms with E-state index >= 15 is 0 Å². The number of carbonyl (C=O) groups is 6. The maximum Gasteiger partial charge on any atom is 0.412 e. The number of hydrogen-bond donors (Lipinski definition) is 6. The van der Waals surface area contributed by atoms with Gasteiger partial charge in [0.25, 0.3) is 0 Å². The Morgan fingerprint density at radius 2 is 0.378 bits per heavy atom. The molecule has 702 valence electrons. The Kier molecular flexibility index (Phi) is 27.2. The zero-order valence-corrected chi connectivity index (χ0v) is 81.8. The van der Waals surface area contributed by atoms with Crippen LogP contribution in [-0.2, 0) is 44.7 Å². The van der Waals surface area contributed by atoms with Gasteiger partial charge in [0.15, 0.2) is 34.6 Å². The maximum atomic E-state index is 13.3. The Morgan fingerprint density at radius 1 is 0.230 bits per heavy atom. The minimum absolute atomic E-state index is 0.0158. The molecule has 0 atom stereocenters. The molecule has 135 heavy (non-hydrogen) atoms. The van der Waals surface area contributed by atoms with Crippen LogP contribution in [0.2, 0.25) is 0 Å². The summed E-state index contributed by atoms with van der Waals surface area (Å²) in [6.07, 6.45) is 1.45. The number of anilines is 6. The van der Waals surface area contributed by atoms with Crippen molar-refractivity contribution in [2.24, 2.45) is 0 Å². The van der Waals surface area contributed by atoms with E-state index in [4.69, 9.17) is 74.3 Å². The van der Waals surface area contributed by atoms with Gasteiger partial charge in [-0.25, -0.2) is 57.8 Å². The molecule has 4 aromatic heterocycles. The first-order chi connectivity index (χ1) is 62.8. The van der Waals surface area contributed by atoms with Crippen molar-refractivity contribution in [3.05, 3.63) is 217 Å². The molecule has 13 rings (SSSR count). The third-order valence-corrected chi connectivity index (χ3v) is 20.5. The molecule has 13 aromatic rings. The van der Waals surface area contributed by atoms with Crippen molar-refractivity contribution in [2.75, 3.05) is 31.9 Å². The van der Waals surface area contributed by atoms with E-state index in [0.29, 0.717) is 84.6 Å². The molecule has 6 amide bonds. The lowest BCUT2D eigenvalue weighted by Crippen LogP contribution is -2.27. The monoisotopic (exact) mass is 1820 g/mol. The van der Waals surface area contributed by atoms with Gasteiger partial charge in [0.05, 0.1) is 35.7 Å². The largest absolute Gasteiger partial charge is 0.444 e. The second-order valence-corrected chi connectivity index (χ2v) is 42.2. The molecule has 0 aliphatic carbocycles. The Hall–Kier alpha value is -15.0. The molecule has 30 nitrogen and oxygen atoms in total. The fraction of sp³-hybridized carbons (Fsp3) is 0.343. The van der Waals surface area contributed by atoms with Crippen molar-refractivity contribution in [3.8, 4) is 118 Å². The highest BCUT2D eigenvalue weighted by molar-refractivity contribution is 5.95. The van der Waals surface area contributed by atoms with Gasteiger partial charge < -0.3 is 28.4 Å². The number of nitrogens with one attached hydrogen (secondary N) is 6. The van der Waals surface area contributed by atoms with E-state index < -0.39 is 86.4 Å². The lowest BCUT2D eigenvalue weighted by atomic mass is 9.82. The number of carbonyl (C=O) groups excluding carboxylic acids is 6. The summed E-state index contributed by atoms with van der Waals surface area (Å²) >= 11 is 0. The van der Waals surface area contributed by atoms with Crippen molar-refractivity contribution < 1.29 is 57.2 Å². The lowest BCUT2D eigenvalue weighted by Gasteiger charge is -2.25. The molecule has 0 saturated carbocycles. The second-order valence-electron chi connectivity index (χ2n) is 42.2. The molecule has 0 aliphatic heterocycles. The normalized spacial score (nSPS) is 12.3. The van der Waals surface area contributed by atoms with Gasteiger partial charge in [0, 0.05) is 67.5 Å². The van der Waals surface area contributed by atoms with Crippen LogP contribution in [0.1, 0.15) is 204 Å². The van der Waals surface area contributed by atoms with Gasteiger partial charge in [-0.05, 0) is 300 Å². The summed E-state index contributed by atoms with van der Waals surface area (Å²) in [5.74, 6) is 0.0473. The fourth-order valence-electron chi connectivity index (χ4n) is 14.3. The van der Waals surface area contributed by atoms with E-state index in [1.807, 2.05) is 72.8 Å². The summed E-state index contributed by atoms with van der Waals surface area (Å²) in [6.45, 7) is 51.5. The molecule has 0 spiro atoms. The highest BCUT2D eigenvalue weighted by atomic mass is 16.6. The van der Waals surface area contributed by atoms with E-state index in [1.165, 1.54) is 0 Å². The first-order valence-corrected chi connectivity index (χ1v) is 44.6. The predicted octanol–water partition coefficient (Wildman–Crippen LogP) is 25.6. The molecule has 0 unspecified atom stereocenters. The molecule has 0 fully saturated rings. The van der Waals surface area contributed by atoms with Crippen LogP contribution in [0.25, 0.3) is 118 Å². The first kappa shape index (κ1) is 97.6. The maximum absolute atomic E-state index is 13.3. The number of rotatable bonds is 18. The number of nitrogens with zero attached hydrogens (tertiary/aromatic N) is 12. The standard InChI is InChI=1S/C105H120N18O12/c1-97(2,3)67-52-76(61-28-40-70(41-29-61)106-91(124)130-100(10,11)12)85(77(53-67)62-30-42-71(43-31-62)107-92(125)131-101(13,14)15)121-58-82(115-118-121)88-112-89(83-59-122(119-116-83)86-78(63-32-44-72(45-33-63)108-93(126)132-102(16,17)18)54-68(98(4,5)6)55-79(86)64-34-46-73(47-35-64)109-94(127)133-103(19,20)21)114-90(113-88)84-60-123(120-117-84)87-80(65-36-48-74(49-37-65)110-95(128)134-104(22,23)24)56-69(99(7,8)9)57-81(87)66-38-50-75(51-39-66)111-96(129)135-105(25,26)27/h28-60H,1-27H3,(H,106,124)(H,107,125)(H,108,126)(H,109,127)(H,110,128)(H,111,129). The van der Waals surface area contributed by atoms with Crippen molar-refractivity contribution in [2.45, 2.75) is 237 Å². The van der Waals surface area contributed by atoms with E-state index in [0.717, 1.165) is 50.1 Å². The highest BCUT2D eigenvalue weighted by Crippen LogP contribution is 2.46. The lowest BCUT2D eigenvalue weighted by molar-refractivity contribution is 0.0624. The first-order valence-electron chi connectivity index (χ1n) is 44.6. The zero-order chi connectivity index (χ0) is 98.2. The molecule has 4 heterocycles. The SMILES string of the molecule is CC(C)(C)OC(=O)Nc1ccc(-c2cc(C(C)(C)C)cc(-c3ccc(NC(=O)OC(C)(C)C)cc3)c2-n2cc(-c3nc(-c4cn(-c5c(-c6ccc(NC(=O)OC(C)(C)C)cc6)cc(C(C)(C)C)cc5-c5ccc(NC(=O)OC(C)(C)C)cc5)nn4)nc(-c4cn(-c5c(-c6ccc(NC(=O)OC(C)(C)C)cc6)cc(C(C)(C)C)cc5-c5ccc(NC(=O)OC(C)(C)C)cc5)nn4)n3)nn2)cc1. The van der Waals surface area contributed by atoms with Crippen LogP contribution in [0.5, 0.6) is 0 Å². The van der Waals surface area contributed by atoms with Crippen molar-refractivity contribution >= 4 is 70.7 Å². The van der Waals surface area contributed by atoms with Crippen molar-refractivity contribution in [3.63, 3.8) is 0 Å². The van der Waals surface area contributed by atoms with Gasteiger partial charge >= 0.3 is 36.6 Å². The second kappa shape index (κ2) is 37.6. The molecule has 6 N–H and O–H groups in total. The Morgan fingerprint density at radius 3 is 0.511 bits per heavy atom. The van der Waals surface area contributed by atoms with E-state index in [2.05, 4.69) is 131 Å². The van der Waals surface area contributed by atoms with Crippen LogP contribution in [0.4, 0.5) is 62.9 Å². The highest BCUT2D eigenvalue weighted by Gasteiger charge is 2.32. The van der Waals surface area contributed by atoms with Gasteiger partial charge in [-0.15, -0.1) is 15.3 Å². The number of amides is 6. The summed E-state index contributed by atoms with van der Waals surface area (Å²) in [5.41, 5.74) is 10.8. The van der Waals surface area contributed by atoms with Gasteiger partial charge in [0.2, 0.25) is 0 Å². The van der Waals surface area contributed by atoms with Crippen molar-refractivity contribution in [1.29, 1.82) is 0 Å². The zero-order valence-electron chi connectivity index (χ0n) is 81.8. The summed E-state index contributed by atoms with van der Waals surface area (Å²) in [7, 11) is 0. The van der Waals surface area contributed by atoms with Gasteiger partial charge in [-0.1, -0.05) is 151 Å². The van der Waals surface area contributed by atoms with Gasteiger partial charge in [-0.3, -0.25) is 31.9 Å². The topological polar surface area (TPSA) is 361 Å². The van der Waals surface area contributed by atoms with E-state index in [1.54, 1.807) is 230 Å². The number of hydrogen-bond acceptors (Lipinski definition) is 21. The van der Waals surface area contributed by atoms with E-state index in [9.17, 15) is 28.8 Å². The molecule has 30 heteroatoms. The van der Waals surface area contributed by atoms with Crippen LogP contribution in [0.15, 0.2) is 201 Å². The third kappa shape index (κ3) is 25.7. The summed E-state index contributed by atoms with van der Waals surface area (Å²) < 4.78 is 38.9. The summed E-state index contributed by atoms with van der Waals surface area (Å²) in [5, 5.41) is 47.1. The summed E-state index contributed by atoms with van der Waals surface area (Å²) in [4.78, 5) is 95.4. The van der Waals surface area contributed by atoms with Gasteiger partial charge in [-0.2, -0.15) is 0 Å². The number of aromatic nitrogens is 12. The smallest absolute Gasteiger partial charge is 0.412 e. The van der Waals surface area contributed by atoms with Crippen LogP contribution >= 0.6 is 0 Å². The molecule has 0 aliphatic rings. The minimum atomic E-state index is -0.759. The molecule has 9 aromatic carbocycles. The Bertz CT molecular complexity index is 5650.